The van der Waals surface area contributed by atoms with Gasteiger partial charge in [-0.05, 0) is 23.6 Å². The normalized spacial score (nSPS) is 16.5. The van der Waals surface area contributed by atoms with Crippen molar-refractivity contribution in [1.82, 2.24) is 9.80 Å². The van der Waals surface area contributed by atoms with E-state index in [-0.39, 0.29) is 11.9 Å². The Morgan fingerprint density at radius 1 is 0.913 bits per heavy atom. The quantitative estimate of drug-likeness (QED) is 0.643. The number of carbonyl (C=O) groups excluding carboxylic acids is 2. The van der Waals surface area contributed by atoms with Gasteiger partial charge in [0.25, 0.3) is 5.91 Å². The standard InChI is InChI=1S/C19H18N2O2/c1-20-18(22)17(14-16-10-6-3-7-11-16)21(19(20)23)13-12-15-8-4-2-5-9-15/h2-11,14H,12-13H2,1H3/b17-14-. The second kappa shape index (κ2) is 6.48. The Labute approximate surface area is 135 Å². The van der Waals surface area contributed by atoms with Crippen LogP contribution >= 0.6 is 0 Å². The zero-order chi connectivity index (χ0) is 16.2. The highest BCUT2D eigenvalue weighted by Gasteiger charge is 2.38. The molecule has 0 radical (unpaired) electrons. The first-order valence-electron chi connectivity index (χ1n) is 7.57. The maximum absolute atomic E-state index is 12.3. The number of imide groups is 1. The van der Waals surface area contributed by atoms with Gasteiger partial charge in [0, 0.05) is 13.6 Å². The minimum atomic E-state index is -0.270. The molecule has 3 amide bonds. The van der Waals surface area contributed by atoms with Crippen LogP contribution in [0.4, 0.5) is 4.79 Å². The Morgan fingerprint density at radius 2 is 1.52 bits per heavy atom. The van der Waals surface area contributed by atoms with Crippen molar-refractivity contribution >= 4 is 18.0 Å². The fraction of sp³-hybridized carbons (Fsp3) is 0.158. The van der Waals surface area contributed by atoms with Gasteiger partial charge in [0.1, 0.15) is 5.70 Å². The number of hydrogen-bond acceptors (Lipinski definition) is 2. The van der Waals surface area contributed by atoms with E-state index in [1.54, 1.807) is 11.0 Å². The number of nitrogens with zero attached hydrogens (tertiary/aromatic N) is 2. The number of carbonyl (C=O) groups is 2. The molecule has 1 fully saturated rings. The minimum Gasteiger partial charge on any atom is -0.288 e. The topological polar surface area (TPSA) is 40.6 Å². The molecule has 4 nitrogen and oxygen atoms in total. The van der Waals surface area contributed by atoms with E-state index in [1.165, 1.54) is 11.9 Å². The van der Waals surface area contributed by atoms with Crippen molar-refractivity contribution in [3.8, 4) is 0 Å². The van der Waals surface area contributed by atoms with Crippen LogP contribution in [0.15, 0.2) is 66.4 Å². The van der Waals surface area contributed by atoms with Gasteiger partial charge < -0.3 is 0 Å². The minimum absolute atomic E-state index is 0.257. The molecule has 0 unspecified atom stereocenters. The van der Waals surface area contributed by atoms with Crippen LogP contribution < -0.4 is 0 Å². The molecule has 0 aromatic heterocycles. The average molecular weight is 306 g/mol. The molecule has 0 N–H and O–H groups in total. The van der Waals surface area contributed by atoms with Crippen molar-refractivity contribution in [3.05, 3.63) is 77.5 Å². The van der Waals surface area contributed by atoms with Crippen LogP contribution in [0, 0.1) is 0 Å². The van der Waals surface area contributed by atoms with Crippen LogP contribution in [0.5, 0.6) is 0 Å². The van der Waals surface area contributed by atoms with E-state index in [4.69, 9.17) is 0 Å². The van der Waals surface area contributed by atoms with Gasteiger partial charge in [-0.25, -0.2) is 4.79 Å². The lowest BCUT2D eigenvalue weighted by Crippen LogP contribution is -2.31. The Balaban J connectivity index is 1.84. The predicted molar refractivity (Wildman–Crippen MR) is 89.4 cm³/mol. The fourth-order valence-electron chi connectivity index (χ4n) is 2.61. The molecule has 1 heterocycles. The summed E-state index contributed by atoms with van der Waals surface area (Å²) in [6, 6.07) is 19.2. The first-order valence-corrected chi connectivity index (χ1v) is 7.57. The van der Waals surface area contributed by atoms with Gasteiger partial charge in [-0.15, -0.1) is 0 Å². The summed E-state index contributed by atoms with van der Waals surface area (Å²) in [6.45, 7) is 0.484. The highest BCUT2D eigenvalue weighted by atomic mass is 16.2. The summed E-state index contributed by atoms with van der Waals surface area (Å²) in [5.74, 6) is -0.257. The van der Waals surface area contributed by atoms with E-state index in [0.29, 0.717) is 18.7 Å². The summed E-state index contributed by atoms with van der Waals surface area (Å²) in [6.07, 6.45) is 2.48. The number of hydrogen-bond donors (Lipinski definition) is 0. The van der Waals surface area contributed by atoms with Gasteiger partial charge in [0.05, 0.1) is 0 Å². The van der Waals surface area contributed by atoms with Crippen LogP contribution in [0.3, 0.4) is 0 Å². The molecule has 0 spiro atoms. The summed E-state index contributed by atoms with van der Waals surface area (Å²) < 4.78 is 0. The van der Waals surface area contributed by atoms with Gasteiger partial charge in [0.2, 0.25) is 0 Å². The molecule has 23 heavy (non-hydrogen) atoms. The van der Waals surface area contributed by atoms with E-state index >= 15 is 0 Å². The largest absolute Gasteiger partial charge is 0.331 e. The molecule has 3 rings (SSSR count). The monoisotopic (exact) mass is 306 g/mol. The molecule has 0 aliphatic carbocycles. The molecule has 1 aliphatic heterocycles. The molecule has 0 bridgehead atoms. The van der Waals surface area contributed by atoms with E-state index in [1.807, 2.05) is 60.7 Å². The van der Waals surface area contributed by atoms with Crippen molar-refractivity contribution in [1.29, 1.82) is 0 Å². The van der Waals surface area contributed by atoms with Crippen molar-refractivity contribution in [2.24, 2.45) is 0 Å². The summed E-state index contributed by atoms with van der Waals surface area (Å²) >= 11 is 0. The highest BCUT2D eigenvalue weighted by molar-refractivity contribution is 6.13. The lowest BCUT2D eigenvalue weighted by Gasteiger charge is -2.16. The third-order valence-corrected chi connectivity index (χ3v) is 3.90. The van der Waals surface area contributed by atoms with Crippen LogP contribution in [0.1, 0.15) is 11.1 Å². The van der Waals surface area contributed by atoms with Crippen molar-refractivity contribution in [2.45, 2.75) is 6.42 Å². The third kappa shape index (κ3) is 3.16. The van der Waals surface area contributed by atoms with E-state index in [2.05, 4.69) is 0 Å². The number of likely N-dealkylation sites (N-methyl/N-ethyl adjacent to an activating group) is 1. The maximum Gasteiger partial charge on any atom is 0.331 e. The molecule has 0 atom stereocenters. The van der Waals surface area contributed by atoms with E-state index < -0.39 is 0 Å². The zero-order valence-electron chi connectivity index (χ0n) is 13.0. The second-order valence-corrected chi connectivity index (χ2v) is 5.47. The van der Waals surface area contributed by atoms with Crippen LogP contribution in [0.2, 0.25) is 0 Å². The molecule has 1 aliphatic rings. The fourth-order valence-corrected chi connectivity index (χ4v) is 2.61. The van der Waals surface area contributed by atoms with Gasteiger partial charge >= 0.3 is 6.03 Å². The number of benzene rings is 2. The maximum atomic E-state index is 12.3. The van der Waals surface area contributed by atoms with Crippen LogP contribution in [0.25, 0.3) is 6.08 Å². The van der Waals surface area contributed by atoms with Gasteiger partial charge in [-0.2, -0.15) is 0 Å². The van der Waals surface area contributed by atoms with E-state index in [9.17, 15) is 9.59 Å². The molecule has 4 heteroatoms. The Kier molecular flexibility index (Phi) is 4.24. The van der Waals surface area contributed by atoms with Gasteiger partial charge in [0.15, 0.2) is 0 Å². The lowest BCUT2D eigenvalue weighted by atomic mass is 10.1. The number of amides is 3. The Bertz CT molecular complexity index is 738. The highest BCUT2D eigenvalue weighted by Crippen LogP contribution is 2.22. The predicted octanol–water partition coefficient (Wildman–Crippen LogP) is 3.16. The molecule has 2 aromatic carbocycles. The van der Waals surface area contributed by atoms with Crippen LogP contribution in [-0.2, 0) is 11.2 Å². The Morgan fingerprint density at radius 3 is 2.17 bits per heavy atom. The molecular formula is C19H18N2O2. The zero-order valence-corrected chi connectivity index (χ0v) is 13.0. The number of rotatable bonds is 4. The lowest BCUT2D eigenvalue weighted by molar-refractivity contribution is -0.122. The molecule has 0 saturated carbocycles. The van der Waals surface area contributed by atoms with Crippen molar-refractivity contribution < 1.29 is 9.59 Å². The van der Waals surface area contributed by atoms with Crippen molar-refractivity contribution in [2.75, 3.05) is 13.6 Å². The molecule has 116 valence electrons. The first-order chi connectivity index (χ1) is 11.2. The average Bonchev–Trinajstić information content (AvgIpc) is 2.79. The molecule has 1 saturated heterocycles. The summed E-state index contributed by atoms with van der Waals surface area (Å²) in [7, 11) is 1.52. The van der Waals surface area contributed by atoms with Crippen molar-refractivity contribution in [3.63, 3.8) is 0 Å². The smallest absolute Gasteiger partial charge is 0.288 e. The summed E-state index contributed by atoms with van der Waals surface area (Å²) in [4.78, 5) is 27.4. The molecule has 2 aromatic rings. The first kappa shape index (κ1) is 15.0. The van der Waals surface area contributed by atoms with Gasteiger partial charge in [-0.1, -0.05) is 60.7 Å². The summed E-state index contributed by atoms with van der Waals surface area (Å²) in [5, 5.41) is 0. The Hall–Kier alpha value is -2.88. The van der Waals surface area contributed by atoms with Crippen LogP contribution in [-0.4, -0.2) is 35.3 Å². The third-order valence-electron chi connectivity index (χ3n) is 3.90. The number of urea groups is 1. The SMILES string of the molecule is CN1C(=O)/C(=C/c2ccccc2)N(CCc2ccccc2)C1=O. The summed E-state index contributed by atoms with van der Waals surface area (Å²) in [5.41, 5.74) is 2.48. The van der Waals surface area contributed by atoms with E-state index in [0.717, 1.165) is 11.1 Å². The molecular weight excluding hydrogens is 288 g/mol. The second-order valence-electron chi connectivity index (χ2n) is 5.47. The van der Waals surface area contributed by atoms with Gasteiger partial charge in [-0.3, -0.25) is 14.6 Å².